The summed E-state index contributed by atoms with van der Waals surface area (Å²) >= 11 is 0. The van der Waals surface area contributed by atoms with E-state index in [1.54, 1.807) is 20.3 Å². The number of methoxy groups -OCH3 is 2. The van der Waals surface area contributed by atoms with Crippen LogP contribution in [0.3, 0.4) is 0 Å². The van der Waals surface area contributed by atoms with E-state index in [4.69, 9.17) is 9.47 Å². The van der Waals surface area contributed by atoms with Crippen LogP contribution in [0.25, 0.3) is 11.3 Å². The topological polar surface area (TPSA) is 76.9 Å². The highest BCUT2D eigenvalue weighted by atomic mass is 16.5. The van der Waals surface area contributed by atoms with Crippen LogP contribution in [0.5, 0.6) is 11.5 Å². The average molecular weight is 463 g/mol. The number of para-hydroxylation sites is 2. The van der Waals surface area contributed by atoms with Gasteiger partial charge in [-0.15, -0.1) is 0 Å². The summed E-state index contributed by atoms with van der Waals surface area (Å²) in [5.74, 6) is 1.68. The van der Waals surface area contributed by atoms with E-state index in [9.17, 15) is 9.59 Å². The Bertz CT molecular complexity index is 1190. The Morgan fingerprint density at radius 3 is 2.50 bits per heavy atom. The number of ether oxygens (including phenoxy) is 2. The van der Waals surface area contributed by atoms with E-state index >= 15 is 0 Å². The molecule has 0 saturated carbocycles. The molecule has 0 bridgehead atoms. The second-order valence-corrected chi connectivity index (χ2v) is 8.16. The van der Waals surface area contributed by atoms with Crippen LogP contribution in [0.2, 0.25) is 0 Å². The Labute approximate surface area is 199 Å². The Balaban J connectivity index is 1.31. The van der Waals surface area contributed by atoms with Gasteiger partial charge in [0.2, 0.25) is 5.91 Å². The van der Waals surface area contributed by atoms with Crippen molar-refractivity contribution in [3.63, 3.8) is 0 Å². The van der Waals surface area contributed by atoms with E-state index in [1.807, 2.05) is 53.4 Å². The van der Waals surface area contributed by atoms with Gasteiger partial charge in [-0.3, -0.25) is 9.59 Å². The molecule has 0 atom stereocenters. The smallest absolute Gasteiger partial charge is 0.266 e. The van der Waals surface area contributed by atoms with Gasteiger partial charge in [-0.2, -0.15) is 5.10 Å². The molecular formula is C26H30N4O4. The fraction of sp³-hybridized carbons (Fsp3) is 0.346. The van der Waals surface area contributed by atoms with E-state index in [0.29, 0.717) is 38.2 Å². The first-order valence-electron chi connectivity index (χ1n) is 11.5. The minimum Gasteiger partial charge on any atom is -0.497 e. The molecular weight excluding hydrogens is 432 g/mol. The lowest BCUT2D eigenvalue weighted by Gasteiger charge is -2.36. The summed E-state index contributed by atoms with van der Waals surface area (Å²) in [5.41, 5.74) is 2.44. The van der Waals surface area contributed by atoms with Crippen molar-refractivity contribution >= 4 is 11.6 Å². The molecule has 4 rings (SSSR count). The van der Waals surface area contributed by atoms with Gasteiger partial charge in [-0.05, 0) is 36.8 Å². The number of carbonyl (C=O) groups excluding carboxylic acids is 1. The number of hydrogen-bond acceptors (Lipinski definition) is 6. The van der Waals surface area contributed by atoms with Gasteiger partial charge < -0.3 is 19.3 Å². The van der Waals surface area contributed by atoms with Crippen molar-refractivity contribution in [1.82, 2.24) is 14.7 Å². The molecule has 1 aromatic heterocycles. The lowest BCUT2D eigenvalue weighted by atomic mass is 10.1. The largest absolute Gasteiger partial charge is 0.497 e. The minimum absolute atomic E-state index is 0.108. The highest BCUT2D eigenvalue weighted by Gasteiger charge is 2.22. The zero-order chi connectivity index (χ0) is 23.9. The highest BCUT2D eigenvalue weighted by Crippen LogP contribution is 2.28. The van der Waals surface area contributed by atoms with Crippen LogP contribution in [0.15, 0.2) is 65.5 Å². The van der Waals surface area contributed by atoms with Crippen LogP contribution in [-0.2, 0) is 11.3 Å². The molecule has 2 heterocycles. The third-order valence-electron chi connectivity index (χ3n) is 6.05. The number of anilines is 1. The number of carbonyl (C=O) groups is 1. The quantitative estimate of drug-likeness (QED) is 0.512. The van der Waals surface area contributed by atoms with E-state index < -0.39 is 0 Å². The average Bonchev–Trinajstić information content (AvgIpc) is 2.89. The maximum Gasteiger partial charge on any atom is 0.266 e. The summed E-state index contributed by atoms with van der Waals surface area (Å²) in [5, 5.41) is 4.49. The summed E-state index contributed by atoms with van der Waals surface area (Å²) in [6.07, 6.45) is 0.937. The molecule has 0 N–H and O–H groups in total. The van der Waals surface area contributed by atoms with E-state index in [1.165, 1.54) is 10.7 Å². The van der Waals surface area contributed by atoms with E-state index in [0.717, 1.165) is 35.8 Å². The van der Waals surface area contributed by atoms with E-state index in [-0.39, 0.29) is 11.5 Å². The molecule has 0 radical (unpaired) electrons. The first kappa shape index (κ1) is 23.4. The summed E-state index contributed by atoms with van der Waals surface area (Å²) in [6.45, 7) is 3.25. The number of piperazine rings is 1. The van der Waals surface area contributed by atoms with Gasteiger partial charge in [-0.1, -0.05) is 24.3 Å². The molecule has 0 unspecified atom stereocenters. The predicted octanol–water partition coefficient (Wildman–Crippen LogP) is 3.06. The molecule has 0 aliphatic carbocycles. The SMILES string of the molecule is COc1cccc(-c2ccc(=O)n(CCCC(=O)N3CCN(c4ccccc4OC)CC3)n2)c1. The lowest BCUT2D eigenvalue weighted by molar-refractivity contribution is -0.131. The second-order valence-electron chi connectivity index (χ2n) is 8.16. The van der Waals surface area contributed by atoms with Crippen LogP contribution in [0.1, 0.15) is 12.8 Å². The van der Waals surface area contributed by atoms with Gasteiger partial charge in [0.05, 0.1) is 25.6 Å². The minimum atomic E-state index is -0.176. The monoisotopic (exact) mass is 462 g/mol. The number of rotatable bonds is 8. The van der Waals surface area contributed by atoms with Crippen LogP contribution in [-0.4, -0.2) is 61.0 Å². The van der Waals surface area contributed by atoms with Crippen molar-refractivity contribution in [2.24, 2.45) is 0 Å². The lowest BCUT2D eigenvalue weighted by Crippen LogP contribution is -2.48. The number of amides is 1. The van der Waals surface area contributed by atoms with Gasteiger partial charge in [0.25, 0.3) is 5.56 Å². The van der Waals surface area contributed by atoms with Gasteiger partial charge in [0.1, 0.15) is 11.5 Å². The van der Waals surface area contributed by atoms with Crippen molar-refractivity contribution < 1.29 is 14.3 Å². The third-order valence-corrected chi connectivity index (χ3v) is 6.05. The van der Waals surface area contributed by atoms with Crippen LogP contribution < -0.4 is 19.9 Å². The molecule has 178 valence electrons. The van der Waals surface area contributed by atoms with E-state index in [2.05, 4.69) is 10.00 Å². The molecule has 1 saturated heterocycles. The number of benzene rings is 2. The molecule has 1 amide bonds. The van der Waals surface area contributed by atoms with Crippen molar-refractivity contribution in [2.75, 3.05) is 45.3 Å². The zero-order valence-electron chi connectivity index (χ0n) is 19.6. The molecule has 0 spiro atoms. The summed E-state index contributed by atoms with van der Waals surface area (Å²) in [4.78, 5) is 29.2. The Kier molecular flexibility index (Phi) is 7.47. The molecule has 8 nitrogen and oxygen atoms in total. The van der Waals surface area contributed by atoms with Gasteiger partial charge >= 0.3 is 0 Å². The van der Waals surface area contributed by atoms with Crippen LogP contribution in [0, 0.1) is 0 Å². The first-order valence-corrected chi connectivity index (χ1v) is 11.5. The summed E-state index contributed by atoms with van der Waals surface area (Å²) < 4.78 is 12.2. The maximum absolute atomic E-state index is 12.8. The predicted molar refractivity (Wildman–Crippen MR) is 132 cm³/mol. The molecule has 1 fully saturated rings. The number of aryl methyl sites for hydroxylation is 1. The summed E-state index contributed by atoms with van der Waals surface area (Å²) in [6, 6.07) is 18.7. The molecule has 8 heteroatoms. The maximum atomic E-state index is 12.8. The fourth-order valence-corrected chi connectivity index (χ4v) is 4.17. The normalized spacial score (nSPS) is 13.6. The second kappa shape index (κ2) is 10.9. The fourth-order valence-electron chi connectivity index (χ4n) is 4.17. The molecule has 2 aromatic carbocycles. The highest BCUT2D eigenvalue weighted by molar-refractivity contribution is 5.76. The molecule has 3 aromatic rings. The van der Waals surface area contributed by atoms with Gasteiger partial charge in [0, 0.05) is 50.8 Å². The standard InChI is InChI=1S/C26H30N4O4/c1-33-21-8-5-7-20(19-21)22-12-13-26(32)30(27-22)14-6-11-25(31)29-17-15-28(16-18-29)23-9-3-4-10-24(23)34-2/h3-5,7-10,12-13,19H,6,11,14-18H2,1-2H3. The number of hydrogen-bond donors (Lipinski definition) is 0. The van der Waals surface area contributed by atoms with Crippen molar-refractivity contribution in [2.45, 2.75) is 19.4 Å². The molecule has 1 aliphatic heterocycles. The Morgan fingerprint density at radius 2 is 1.74 bits per heavy atom. The van der Waals surface area contributed by atoms with Crippen molar-refractivity contribution in [1.29, 1.82) is 0 Å². The Hall–Kier alpha value is -3.81. The third kappa shape index (κ3) is 5.39. The van der Waals surface area contributed by atoms with Crippen LogP contribution in [0.4, 0.5) is 5.69 Å². The van der Waals surface area contributed by atoms with Gasteiger partial charge in [0.15, 0.2) is 0 Å². The van der Waals surface area contributed by atoms with Crippen molar-refractivity contribution in [3.8, 4) is 22.8 Å². The Morgan fingerprint density at radius 1 is 0.941 bits per heavy atom. The number of nitrogens with zero attached hydrogens (tertiary/aromatic N) is 4. The van der Waals surface area contributed by atoms with Crippen LogP contribution >= 0.6 is 0 Å². The molecule has 34 heavy (non-hydrogen) atoms. The molecule has 1 aliphatic rings. The zero-order valence-corrected chi connectivity index (χ0v) is 19.6. The first-order chi connectivity index (χ1) is 16.6. The number of aromatic nitrogens is 2. The summed E-state index contributed by atoms with van der Waals surface area (Å²) in [7, 11) is 3.29. The van der Waals surface area contributed by atoms with Crippen molar-refractivity contribution in [3.05, 3.63) is 71.0 Å². The van der Waals surface area contributed by atoms with Gasteiger partial charge in [-0.25, -0.2) is 4.68 Å².